The molecule has 0 fully saturated rings. The smallest absolute Gasteiger partial charge is 0.124 e. The lowest BCUT2D eigenvalue weighted by molar-refractivity contribution is 1.31. The summed E-state index contributed by atoms with van der Waals surface area (Å²) in [5, 5.41) is 4.84. The highest BCUT2D eigenvalue weighted by Gasteiger charge is 2.07. The number of hydrogen-bond acceptors (Lipinski definition) is 4. The number of hydrogen-bond donors (Lipinski definition) is 0. The van der Waals surface area contributed by atoms with Crippen molar-refractivity contribution in [3.63, 3.8) is 0 Å². The average molecular weight is 620 g/mol. The van der Waals surface area contributed by atoms with Crippen LogP contribution in [0.25, 0.3) is 53.6 Å². The molecule has 0 amide bonds. The van der Waals surface area contributed by atoms with E-state index in [4.69, 9.17) is 4.98 Å². The monoisotopic (exact) mass is 619 g/mol. The van der Waals surface area contributed by atoms with E-state index in [1.54, 1.807) is 11.3 Å². The summed E-state index contributed by atoms with van der Waals surface area (Å²) in [6.07, 6.45) is 5.72. The summed E-state index contributed by atoms with van der Waals surface area (Å²) >= 11 is 1.75. The van der Waals surface area contributed by atoms with E-state index in [-0.39, 0.29) is 14.9 Å². The number of aryl methyl sites for hydroxylation is 3. The van der Waals surface area contributed by atoms with Crippen LogP contribution in [0.3, 0.4) is 0 Å². The Bertz CT molecular complexity index is 2150. The third-order valence-corrected chi connectivity index (χ3v) is 8.63. The number of benzene rings is 5. The fourth-order valence-electron chi connectivity index (χ4n) is 5.14. The molecule has 46 heavy (non-hydrogen) atoms. The van der Waals surface area contributed by atoms with Crippen molar-refractivity contribution in [2.45, 2.75) is 35.6 Å². The van der Waals surface area contributed by atoms with E-state index in [0.717, 1.165) is 16.0 Å². The minimum absolute atomic E-state index is 0. The molecule has 3 nitrogen and oxygen atoms in total. The molecule has 8 aromatic rings. The maximum atomic E-state index is 4.70. The predicted molar refractivity (Wildman–Crippen MR) is 202 cm³/mol. The minimum Gasteiger partial charge on any atom is -0.264 e. The Labute approximate surface area is 277 Å². The van der Waals surface area contributed by atoms with E-state index < -0.39 is 0 Å². The van der Waals surface area contributed by atoms with Gasteiger partial charge in [0.05, 0.1) is 15.7 Å². The lowest BCUT2D eigenvalue weighted by Crippen LogP contribution is -1.85. The summed E-state index contributed by atoms with van der Waals surface area (Å²) in [4.78, 5) is 13.3. The van der Waals surface area contributed by atoms with Gasteiger partial charge >= 0.3 is 0 Å². The van der Waals surface area contributed by atoms with E-state index in [2.05, 4.69) is 122 Å². The fourth-order valence-corrected chi connectivity index (χ4v) is 6.19. The first-order valence-corrected chi connectivity index (χ1v) is 15.5. The van der Waals surface area contributed by atoms with E-state index in [1.165, 1.54) is 54.2 Å². The zero-order valence-electron chi connectivity index (χ0n) is 25.1. The maximum Gasteiger partial charge on any atom is 0.124 e. The molecule has 0 radical (unpaired) electrons. The van der Waals surface area contributed by atoms with Crippen LogP contribution in [0, 0.1) is 20.8 Å². The van der Waals surface area contributed by atoms with Crippen molar-refractivity contribution in [3.8, 4) is 21.7 Å². The molecule has 5 aromatic carbocycles. The Balaban J connectivity index is 0.000000157. The highest BCUT2D eigenvalue weighted by molar-refractivity contribution is 7.21. The number of thiazole rings is 1. The lowest BCUT2D eigenvalue weighted by atomic mass is 10.0. The van der Waals surface area contributed by atoms with Gasteiger partial charge in [-0.3, -0.25) is 9.97 Å². The molecule has 3 heterocycles. The van der Waals surface area contributed by atoms with Crippen molar-refractivity contribution in [3.05, 3.63) is 163 Å². The second-order valence-electron chi connectivity index (χ2n) is 10.7. The van der Waals surface area contributed by atoms with Crippen LogP contribution in [0.4, 0.5) is 0 Å². The van der Waals surface area contributed by atoms with Gasteiger partial charge in [-0.2, -0.15) is 0 Å². The third kappa shape index (κ3) is 7.71. The fraction of sp³-hybridized carbons (Fsp3) is 0.119. The zero-order chi connectivity index (χ0) is 30.3. The summed E-state index contributed by atoms with van der Waals surface area (Å²) in [7, 11) is 0. The molecule has 8 rings (SSSR count). The molecule has 230 valence electrons. The van der Waals surface area contributed by atoms with E-state index in [9.17, 15) is 0 Å². The maximum absolute atomic E-state index is 4.70. The summed E-state index contributed by atoms with van der Waals surface area (Å²) in [6, 6.07) is 43.7. The summed E-state index contributed by atoms with van der Waals surface area (Å²) in [5.41, 5.74) is 9.53. The number of nitrogens with zero attached hydrogens (tertiary/aromatic N) is 3. The van der Waals surface area contributed by atoms with Gasteiger partial charge in [-0.05, 0) is 66.6 Å². The van der Waals surface area contributed by atoms with Gasteiger partial charge in [0.1, 0.15) is 5.01 Å². The number of fused-ring (bicyclic) bond motifs is 3. The summed E-state index contributed by atoms with van der Waals surface area (Å²) in [6.45, 7) is 6.31. The van der Waals surface area contributed by atoms with Crippen LogP contribution in [0.2, 0.25) is 0 Å². The molecular formula is C42H41N3S. The number of rotatable bonds is 2. The summed E-state index contributed by atoms with van der Waals surface area (Å²) < 4.78 is 1.26. The summed E-state index contributed by atoms with van der Waals surface area (Å²) in [5.74, 6) is 0. The molecule has 0 aliphatic carbocycles. The zero-order valence-corrected chi connectivity index (χ0v) is 25.9. The molecule has 0 unspecified atom stereocenters. The Morgan fingerprint density at radius 3 is 1.87 bits per heavy atom. The molecule has 0 atom stereocenters. The van der Waals surface area contributed by atoms with E-state index >= 15 is 0 Å². The van der Waals surface area contributed by atoms with Crippen molar-refractivity contribution in [1.29, 1.82) is 0 Å². The van der Waals surface area contributed by atoms with Gasteiger partial charge in [-0.15, -0.1) is 11.3 Å². The van der Waals surface area contributed by atoms with Crippen molar-refractivity contribution >= 4 is 43.2 Å². The van der Waals surface area contributed by atoms with Crippen LogP contribution >= 0.6 is 11.3 Å². The Morgan fingerprint density at radius 1 is 0.500 bits per heavy atom. The van der Waals surface area contributed by atoms with E-state index in [1.807, 2.05) is 55.0 Å². The van der Waals surface area contributed by atoms with Crippen molar-refractivity contribution in [2.75, 3.05) is 0 Å². The van der Waals surface area contributed by atoms with Crippen LogP contribution in [-0.4, -0.2) is 15.0 Å². The number of para-hydroxylation sites is 1. The van der Waals surface area contributed by atoms with E-state index in [0.29, 0.717) is 0 Å². The molecule has 4 heteroatoms. The van der Waals surface area contributed by atoms with Crippen molar-refractivity contribution < 1.29 is 0 Å². The highest BCUT2D eigenvalue weighted by atomic mass is 32.1. The van der Waals surface area contributed by atoms with Crippen molar-refractivity contribution in [2.24, 2.45) is 0 Å². The van der Waals surface area contributed by atoms with Gasteiger partial charge in [0, 0.05) is 40.5 Å². The largest absolute Gasteiger partial charge is 0.264 e. The normalized spacial score (nSPS) is 10.2. The minimum atomic E-state index is 0. The molecular weight excluding hydrogens is 579 g/mol. The molecule has 0 aliphatic heterocycles. The van der Waals surface area contributed by atoms with Gasteiger partial charge in [-0.1, -0.05) is 124 Å². The Hall–Kier alpha value is -5.19. The van der Waals surface area contributed by atoms with Gasteiger partial charge in [0.25, 0.3) is 0 Å². The standard InChI is InChI=1S/C16H13N.C14H11NS.C10H9N.2CH4/c1-12-6-5-9-16-15(12)10-14(11-17-16)13-7-3-2-4-8-13;1-10-6-5-9-12-13(10)15-14(16-12)11-7-3-2-4-8-11;1-8-6-11-7-9-4-2-3-5-10(8)9;;/h2-11H,1H3;2-9H,1H3;2-7H,1H3;2*1H4. The molecule has 0 aliphatic rings. The quantitative estimate of drug-likeness (QED) is 0.193. The average Bonchev–Trinajstić information content (AvgIpc) is 3.53. The molecule has 0 bridgehead atoms. The number of pyridine rings is 2. The third-order valence-electron chi connectivity index (χ3n) is 7.56. The first-order valence-electron chi connectivity index (χ1n) is 14.7. The molecule has 0 saturated carbocycles. The van der Waals surface area contributed by atoms with Crippen LogP contribution in [0.5, 0.6) is 0 Å². The molecule has 0 spiro atoms. The predicted octanol–water partition coefficient (Wildman–Crippen LogP) is 12.3. The van der Waals surface area contributed by atoms with Crippen LogP contribution in [-0.2, 0) is 0 Å². The van der Waals surface area contributed by atoms with Crippen molar-refractivity contribution in [1.82, 2.24) is 15.0 Å². The highest BCUT2D eigenvalue weighted by Crippen LogP contribution is 2.31. The van der Waals surface area contributed by atoms with Gasteiger partial charge in [0.15, 0.2) is 0 Å². The Morgan fingerprint density at radius 2 is 1.15 bits per heavy atom. The topological polar surface area (TPSA) is 38.7 Å². The SMILES string of the molecule is C.C.Cc1cccc2ncc(-c3ccccc3)cc12.Cc1cccc2sc(-c3ccccc3)nc12.Cc1cncc2ccccc12. The van der Waals surface area contributed by atoms with Gasteiger partial charge in [0.2, 0.25) is 0 Å². The molecule has 0 N–H and O–H groups in total. The number of aromatic nitrogens is 3. The molecule has 0 saturated heterocycles. The van der Waals surface area contributed by atoms with Crippen LogP contribution in [0.15, 0.2) is 146 Å². The van der Waals surface area contributed by atoms with Crippen LogP contribution < -0.4 is 0 Å². The van der Waals surface area contributed by atoms with Gasteiger partial charge < -0.3 is 0 Å². The first-order chi connectivity index (χ1) is 21.6. The Kier molecular flexibility index (Phi) is 11.5. The second-order valence-corrected chi connectivity index (χ2v) is 11.7. The first kappa shape index (κ1) is 33.7. The second kappa shape index (κ2) is 15.7. The molecule has 3 aromatic heterocycles. The van der Waals surface area contributed by atoms with Gasteiger partial charge in [-0.25, -0.2) is 4.98 Å². The lowest BCUT2D eigenvalue weighted by Gasteiger charge is -2.05. The van der Waals surface area contributed by atoms with Crippen LogP contribution in [0.1, 0.15) is 31.5 Å².